The normalized spacial score (nSPS) is 12.8. The molecule has 0 radical (unpaired) electrons. The maximum Gasteiger partial charge on any atom is 0.306 e. The number of carbonyl (C=O) groups is 3. The first-order chi connectivity index (χ1) is 32.0. The molecule has 0 saturated carbocycles. The number of unbranched alkanes of at least 4 members (excludes halogenated alkanes) is 20. The lowest BCUT2D eigenvalue weighted by Crippen LogP contribution is -2.30. The van der Waals surface area contributed by atoms with E-state index in [0.717, 1.165) is 103 Å². The Balaban J connectivity index is 4.54. The van der Waals surface area contributed by atoms with Crippen molar-refractivity contribution in [3.05, 3.63) is 97.2 Å². The Bertz CT molecular complexity index is 1310. The average molecular weight is 903 g/mol. The molecule has 370 valence electrons. The van der Waals surface area contributed by atoms with E-state index in [2.05, 4.69) is 118 Å². The number of ether oxygens (including phenoxy) is 3. The molecule has 0 aliphatic rings. The lowest BCUT2D eigenvalue weighted by atomic mass is 10.1. The van der Waals surface area contributed by atoms with E-state index < -0.39 is 6.10 Å². The minimum atomic E-state index is -0.815. The third-order valence-corrected chi connectivity index (χ3v) is 11.0. The van der Waals surface area contributed by atoms with Gasteiger partial charge in [0.15, 0.2) is 6.10 Å². The largest absolute Gasteiger partial charge is 0.462 e. The summed E-state index contributed by atoms with van der Waals surface area (Å²) in [5, 5.41) is 0. The van der Waals surface area contributed by atoms with Crippen molar-refractivity contribution >= 4 is 17.9 Å². The predicted molar refractivity (Wildman–Crippen MR) is 279 cm³/mol. The fraction of sp³-hybridized carbons (Fsp3) is 0.678. The van der Waals surface area contributed by atoms with E-state index in [-0.39, 0.29) is 44.0 Å². The van der Waals surface area contributed by atoms with E-state index in [1.165, 1.54) is 89.9 Å². The molecule has 0 rings (SSSR count). The average Bonchev–Trinajstić information content (AvgIpc) is 3.30. The third-order valence-electron chi connectivity index (χ3n) is 11.0. The molecule has 65 heavy (non-hydrogen) atoms. The zero-order valence-electron chi connectivity index (χ0n) is 42.2. The van der Waals surface area contributed by atoms with E-state index in [9.17, 15) is 14.4 Å². The molecular formula is C59H98O6. The van der Waals surface area contributed by atoms with E-state index in [0.29, 0.717) is 12.8 Å². The number of rotatable bonds is 47. The van der Waals surface area contributed by atoms with Gasteiger partial charge >= 0.3 is 17.9 Å². The quantitative estimate of drug-likeness (QED) is 0.0262. The van der Waals surface area contributed by atoms with Crippen molar-refractivity contribution < 1.29 is 28.6 Å². The Morgan fingerprint density at radius 3 is 0.969 bits per heavy atom. The fourth-order valence-electron chi connectivity index (χ4n) is 6.96. The van der Waals surface area contributed by atoms with Gasteiger partial charge in [-0.05, 0) is 122 Å². The van der Waals surface area contributed by atoms with Crippen LogP contribution >= 0.6 is 0 Å². The van der Waals surface area contributed by atoms with Crippen LogP contribution in [0.25, 0.3) is 0 Å². The summed E-state index contributed by atoms with van der Waals surface area (Å²) in [6.07, 6.45) is 69.6. The van der Waals surface area contributed by atoms with Crippen molar-refractivity contribution in [2.45, 2.75) is 245 Å². The second-order valence-corrected chi connectivity index (χ2v) is 17.4. The molecule has 0 amide bonds. The van der Waals surface area contributed by atoms with Gasteiger partial charge in [0.1, 0.15) is 13.2 Å². The summed E-state index contributed by atoms with van der Waals surface area (Å²) in [4.78, 5) is 38.0. The van der Waals surface area contributed by atoms with Gasteiger partial charge in [0.05, 0.1) is 0 Å². The zero-order valence-corrected chi connectivity index (χ0v) is 42.2. The van der Waals surface area contributed by atoms with Crippen molar-refractivity contribution in [1.29, 1.82) is 0 Å². The molecule has 6 nitrogen and oxygen atoms in total. The van der Waals surface area contributed by atoms with Crippen LogP contribution < -0.4 is 0 Å². The maximum atomic E-state index is 12.8. The highest BCUT2D eigenvalue weighted by Crippen LogP contribution is 2.12. The van der Waals surface area contributed by atoms with Crippen LogP contribution in [0.3, 0.4) is 0 Å². The monoisotopic (exact) mass is 903 g/mol. The van der Waals surface area contributed by atoms with Crippen LogP contribution in [0.5, 0.6) is 0 Å². The first kappa shape index (κ1) is 61.3. The second kappa shape index (κ2) is 52.9. The summed E-state index contributed by atoms with van der Waals surface area (Å²) in [6.45, 7) is 6.49. The Morgan fingerprint density at radius 1 is 0.308 bits per heavy atom. The highest BCUT2D eigenvalue weighted by Gasteiger charge is 2.19. The molecule has 0 bridgehead atoms. The molecule has 0 unspecified atom stereocenters. The van der Waals surface area contributed by atoms with Gasteiger partial charge in [0.25, 0.3) is 0 Å². The molecule has 0 fully saturated rings. The molecule has 0 saturated heterocycles. The third kappa shape index (κ3) is 51.2. The van der Waals surface area contributed by atoms with E-state index in [4.69, 9.17) is 14.2 Å². The van der Waals surface area contributed by atoms with Gasteiger partial charge in [-0.1, -0.05) is 195 Å². The van der Waals surface area contributed by atoms with Gasteiger partial charge < -0.3 is 14.2 Å². The lowest BCUT2D eigenvalue weighted by Gasteiger charge is -2.18. The zero-order chi connectivity index (χ0) is 47.2. The number of carbonyl (C=O) groups excluding carboxylic acids is 3. The molecule has 0 aromatic rings. The summed E-state index contributed by atoms with van der Waals surface area (Å²) in [7, 11) is 0. The molecule has 6 heteroatoms. The minimum Gasteiger partial charge on any atom is -0.462 e. The minimum absolute atomic E-state index is 0.109. The van der Waals surface area contributed by atoms with Crippen LogP contribution in [0, 0.1) is 0 Å². The lowest BCUT2D eigenvalue weighted by molar-refractivity contribution is -0.167. The maximum absolute atomic E-state index is 12.8. The van der Waals surface area contributed by atoms with Crippen LogP contribution in [0.4, 0.5) is 0 Å². The Kier molecular flexibility index (Phi) is 50.0. The van der Waals surface area contributed by atoms with Crippen molar-refractivity contribution in [2.24, 2.45) is 0 Å². The molecule has 0 aromatic carbocycles. The number of hydrogen-bond donors (Lipinski definition) is 0. The highest BCUT2D eigenvalue weighted by atomic mass is 16.6. The first-order valence-electron chi connectivity index (χ1n) is 26.7. The molecule has 1 atom stereocenters. The summed E-state index contributed by atoms with van der Waals surface area (Å²) >= 11 is 0. The van der Waals surface area contributed by atoms with E-state index in [1.54, 1.807) is 0 Å². The molecule has 0 spiro atoms. The van der Waals surface area contributed by atoms with E-state index >= 15 is 0 Å². The van der Waals surface area contributed by atoms with Crippen molar-refractivity contribution in [3.63, 3.8) is 0 Å². The number of hydrogen-bond acceptors (Lipinski definition) is 6. The smallest absolute Gasteiger partial charge is 0.306 e. The van der Waals surface area contributed by atoms with Gasteiger partial charge in [0.2, 0.25) is 0 Å². The van der Waals surface area contributed by atoms with E-state index in [1.807, 2.05) is 0 Å². The second-order valence-electron chi connectivity index (χ2n) is 17.4. The Morgan fingerprint density at radius 2 is 0.569 bits per heavy atom. The van der Waals surface area contributed by atoms with Crippen LogP contribution in [0.15, 0.2) is 97.2 Å². The summed E-state index contributed by atoms with van der Waals surface area (Å²) in [5.41, 5.74) is 0. The summed E-state index contributed by atoms with van der Waals surface area (Å²) in [5.74, 6) is -1.000. The highest BCUT2D eigenvalue weighted by molar-refractivity contribution is 5.71. The van der Waals surface area contributed by atoms with Crippen LogP contribution in [-0.2, 0) is 28.6 Å². The van der Waals surface area contributed by atoms with Crippen molar-refractivity contribution in [3.8, 4) is 0 Å². The van der Waals surface area contributed by atoms with Gasteiger partial charge in [-0.2, -0.15) is 0 Å². The van der Waals surface area contributed by atoms with Gasteiger partial charge in [-0.25, -0.2) is 0 Å². The molecule has 0 N–H and O–H groups in total. The number of esters is 3. The predicted octanol–water partition coefficient (Wildman–Crippen LogP) is 17.8. The van der Waals surface area contributed by atoms with Crippen LogP contribution in [0.2, 0.25) is 0 Å². The fourth-order valence-corrected chi connectivity index (χ4v) is 6.96. The SMILES string of the molecule is CCCCC/C=C/C/C=C/C/C=C/C/C=C/CCCC(=O)OC[C@@H](COC(=O)CCCCCCC/C=C/CCCCCC)OC(=O)CCCCCC/C=C/C/C=C/C/C=C/CCCCC. The summed E-state index contributed by atoms with van der Waals surface area (Å²) < 4.78 is 16.7. The molecule has 0 aromatic heterocycles. The molecule has 0 aliphatic carbocycles. The topological polar surface area (TPSA) is 78.9 Å². The van der Waals surface area contributed by atoms with Crippen molar-refractivity contribution in [2.75, 3.05) is 13.2 Å². The van der Waals surface area contributed by atoms with Crippen LogP contribution in [-0.4, -0.2) is 37.2 Å². The molecular weight excluding hydrogens is 805 g/mol. The molecule has 0 heterocycles. The Labute approximate surface area is 400 Å². The van der Waals surface area contributed by atoms with Gasteiger partial charge in [-0.15, -0.1) is 0 Å². The number of allylic oxidation sites excluding steroid dienone is 16. The molecule has 0 aliphatic heterocycles. The van der Waals surface area contributed by atoms with Crippen LogP contribution in [0.1, 0.15) is 239 Å². The first-order valence-corrected chi connectivity index (χ1v) is 26.7. The van der Waals surface area contributed by atoms with Crippen molar-refractivity contribution in [1.82, 2.24) is 0 Å². The van der Waals surface area contributed by atoms with Gasteiger partial charge in [-0.3, -0.25) is 14.4 Å². The summed E-state index contributed by atoms with van der Waals surface area (Å²) in [6, 6.07) is 0. The Hall–Kier alpha value is -3.67. The standard InChI is InChI=1S/C59H98O6/c1-4-7-10-13-16-19-22-25-27-29-31-34-37-40-43-46-49-52-58(61)64-55-56(54-63-57(60)51-48-45-42-39-36-33-24-21-18-15-12-9-6-3)65-59(62)53-50-47-44-41-38-35-32-30-28-26-23-20-17-14-11-8-5-2/h16-17,19-21,24-28,31-32,34-35,40,43,56H,4-15,18,22-23,29-30,33,36-39,41-42,44-55H2,1-3H3/b19-16+,20-17+,24-21+,27-25+,28-26+,34-31+,35-32+,43-40+/t56-/m1/s1. The van der Waals surface area contributed by atoms with Gasteiger partial charge in [0, 0.05) is 19.3 Å².